The van der Waals surface area contributed by atoms with Crippen LogP contribution in [0.25, 0.3) is 0 Å². The van der Waals surface area contributed by atoms with Gasteiger partial charge in [-0.3, -0.25) is 0 Å². The third kappa shape index (κ3) is 1.42. The van der Waals surface area contributed by atoms with Crippen LogP contribution in [0.2, 0.25) is 5.22 Å². The molecule has 1 aromatic heterocycles. The zero-order valence-corrected chi connectivity index (χ0v) is 7.84. The monoisotopic (exact) mass is 196 g/mol. The molecule has 3 nitrogen and oxygen atoms in total. The lowest BCUT2D eigenvalue weighted by Crippen LogP contribution is -1.94. The number of nitriles is 1. The zero-order chi connectivity index (χ0) is 9.26. The number of rotatable bonds is 1. The van der Waals surface area contributed by atoms with Gasteiger partial charge in [0.15, 0.2) is 0 Å². The summed E-state index contributed by atoms with van der Waals surface area (Å²) in [4.78, 5) is 0. The van der Waals surface area contributed by atoms with Crippen LogP contribution < -0.4 is 0 Å². The van der Waals surface area contributed by atoms with Gasteiger partial charge in [0.25, 0.3) is 0 Å². The van der Waals surface area contributed by atoms with Gasteiger partial charge in [0, 0.05) is 5.92 Å². The Labute approximate surface area is 81.3 Å². The molecule has 0 amide bonds. The number of aromatic nitrogens is 1. The average molecular weight is 197 g/mol. The summed E-state index contributed by atoms with van der Waals surface area (Å²) in [6.07, 6.45) is 4.61. The van der Waals surface area contributed by atoms with Crippen molar-refractivity contribution in [2.24, 2.45) is 0 Å². The van der Waals surface area contributed by atoms with Crippen molar-refractivity contribution in [3.8, 4) is 6.07 Å². The quantitative estimate of drug-likeness (QED) is 0.694. The van der Waals surface area contributed by atoms with E-state index in [2.05, 4.69) is 5.16 Å². The number of nitrogens with zero attached hydrogens (tertiary/aromatic N) is 2. The molecule has 13 heavy (non-hydrogen) atoms. The Kier molecular flexibility index (Phi) is 2.24. The summed E-state index contributed by atoms with van der Waals surface area (Å²) in [5.41, 5.74) is 1.18. The lowest BCUT2D eigenvalue weighted by atomic mass is 10.0. The molecule has 1 aliphatic rings. The zero-order valence-electron chi connectivity index (χ0n) is 7.09. The van der Waals surface area contributed by atoms with E-state index in [4.69, 9.17) is 21.4 Å². The maximum atomic E-state index is 8.81. The summed E-state index contributed by atoms with van der Waals surface area (Å²) in [5.74, 6) is 0.380. The second-order valence-electron chi connectivity index (χ2n) is 3.31. The molecule has 0 N–H and O–H groups in total. The van der Waals surface area contributed by atoms with Gasteiger partial charge in [0.2, 0.25) is 5.22 Å². The Morgan fingerprint density at radius 1 is 1.46 bits per heavy atom. The summed E-state index contributed by atoms with van der Waals surface area (Å²) in [7, 11) is 0. The molecule has 1 heterocycles. The molecule has 1 aliphatic carbocycles. The first-order valence-electron chi connectivity index (χ1n) is 4.38. The standard InChI is InChI=1S/C9H9ClN2O/c10-9-7(5-11)8(12-13-9)6-3-1-2-4-6/h6H,1-4H2. The highest BCUT2D eigenvalue weighted by Crippen LogP contribution is 2.36. The molecule has 0 atom stereocenters. The summed E-state index contributed by atoms with van der Waals surface area (Å²) in [6.45, 7) is 0. The molecule has 0 radical (unpaired) electrons. The maximum Gasteiger partial charge on any atom is 0.244 e. The van der Waals surface area contributed by atoms with Crippen molar-refractivity contribution >= 4 is 11.6 Å². The van der Waals surface area contributed by atoms with E-state index in [1.165, 1.54) is 12.8 Å². The molecule has 68 valence electrons. The predicted octanol–water partition coefficient (Wildman–Crippen LogP) is 2.86. The van der Waals surface area contributed by atoms with Crippen LogP contribution in [0.4, 0.5) is 0 Å². The molecule has 1 fully saturated rings. The van der Waals surface area contributed by atoms with Gasteiger partial charge in [-0.25, -0.2) is 0 Å². The van der Waals surface area contributed by atoms with E-state index in [0.717, 1.165) is 18.5 Å². The third-order valence-electron chi connectivity index (χ3n) is 2.53. The van der Waals surface area contributed by atoms with Crippen LogP contribution in [0, 0.1) is 11.3 Å². The molecule has 1 aromatic rings. The largest absolute Gasteiger partial charge is 0.343 e. The molecular weight excluding hydrogens is 188 g/mol. The maximum absolute atomic E-state index is 8.81. The van der Waals surface area contributed by atoms with E-state index in [1.807, 2.05) is 6.07 Å². The van der Waals surface area contributed by atoms with Crippen LogP contribution in [0.3, 0.4) is 0 Å². The average Bonchev–Trinajstić information content (AvgIpc) is 2.71. The molecule has 1 saturated carbocycles. The highest BCUT2D eigenvalue weighted by Gasteiger charge is 2.25. The Morgan fingerprint density at radius 2 is 2.15 bits per heavy atom. The minimum atomic E-state index is 0.129. The first-order valence-corrected chi connectivity index (χ1v) is 4.76. The molecule has 0 unspecified atom stereocenters. The molecule has 4 heteroatoms. The smallest absolute Gasteiger partial charge is 0.244 e. The van der Waals surface area contributed by atoms with Gasteiger partial charge < -0.3 is 4.52 Å². The van der Waals surface area contributed by atoms with Gasteiger partial charge in [-0.05, 0) is 24.4 Å². The van der Waals surface area contributed by atoms with Crippen molar-refractivity contribution in [1.29, 1.82) is 5.26 Å². The molecule has 0 saturated heterocycles. The Balaban J connectivity index is 2.34. The lowest BCUT2D eigenvalue weighted by molar-refractivity contribution is 0.406. The Morgan fingerprint density at radius 3 is 2.77 bits per heavy atom. The van der Waals surface area contributed by atoms with Gasteiger partial charge >= 0.3 is 0 Å². The highest BCUT2D eigenvalue weighted by atomic mass is 35.5. The molecule has 0 aliphatic heterocycles. The number of hydrogen-bond acceptors (Lipinski definition) is 3. The van der Waals surface area contributed by atoms with Crippen molar-refractivity contribution < 1.29 is 4.52 Å². The van der Waals surface area contributed by atoms with Crippen LogP contribution >= 0.6 is 11.6 Å². The molecule has 0 bridgehead atoms. The van der Waals surface area contributed by atoms with Crippen LogP contribution in [-0.4, -0.2) is 5.16 Å². The fraction of sp³-hybridized carbons (Fsp3) is 0.556. The molecule has 0 spiro atoms. The highest BCUT2D eigenvalue weighted by molar-refractivity contribution is 6.30. The van der Waals surface area contributed by atoms with Crippen molar-refractivity contribution in [3.63, 3.8) is 0 Å². The van der Waals surface area contributed by atoms with Crippen LogP contribution in [0.1, 0.15) is 42.9 Å². The van der Waals surface area contributed by atoms with Crippen LogP contribution in [-0.2, 0) is 0 Å². The van der Waals surface area contributed by atoms with Gasteiger partial charge in [-0.2, -0.15) is 5.26 Å². The van der Waals surface area contributed by atoms with Crippen molar-refractivity contribution in [2.75, 3.05) is 0 Å². The van der Waals surface area contributed by atoms with Crippen molar-refractivity contribution in [1.82, 2.24) is 5.16 Å². The molecule has 0 aromatic carbocycles. The number of hydrogen-bond donors (Lipinski definition) is 0. The van der Waals surface area contributed by atoms with Gasteiger partial charge in [-0.15, -0.1) is 0 Å². The van der Waals surface area contributed by atoms with Crippen molar-refractivity contribution in [2.45, 2.75) is 31.6 Å². The fourth-order valence-electron chi connectivity index (χ4n) is 1.86. The minimum Gasteiger partial charge on any atom is -0.343 e. The summed E-state index contributed by atoms with van der Waals surface area (Å²) >= 11 is 5.67. The van der Waals surface area contributed by atoms with Gasteiger partial charge in [0.1, 0.15) is 17.3 Å². The van der Waals surface area contributed by atoms with Crippen molar-refractivity contribution in [3.05, 3.63) is 16.5 Å². The first-order chi connectivity index (χ1) is 6.33. The van der Waals surface area contributed by atoms with E-state index in [-0.39, 0.29) is 5.22 Å². The normalized spacial score (nSPS) is 17.5. The summed E-state index contributed by atoms with van der Waals surface area (Å²) in [5, 5.41) is 12.8. The Bertz CT molecular complexity index is 347. The minimum absolute atomic E-state index is 0.129. The predicted molar refractivity (Wildman–Crippen MR) is 47.4 cm³/mol. The van der Waals surface area contributed by atoms with Gasteiger partial charge in [0.05, 0.1) is 0 Å². The topological polar surface area (TPSA) is 49.8 Å². The lowest BCUT2D eigenvalue weighted by Gasteiger charge is -2.02. The summed E-state index contributed by atoms with van der Waals surface area (Å²) < 4.78 is 4.79. The van der Waals surface area contributed by atoms with E-state index >= 15 is 0 Å². The summed E-state index contributed by atoms with van der Waals surface area (Å²) in [6, 6.07) is 2.03. The van der Waals surface area contributed by atoms with E-state index < -0.39 is 0 Å². The van der Waals surface area contributed by atoms with E-state index in [1.54, 1.807) is 0 Å². The fourth-order valence-corrected chi connectivity index (χ4v) is 2.03. The Hall–Kier alpha value is -1.01. The van der Waals surface area contributed by atoms with E-state index in [0.29, 0.717) is 11.5 Å². The van der Waals surface area contributed by atoms with Gasteiger partial charge in [-0.1, -0.05) is 18.0 Å². The SMILES string of the molecule is N#Cc1c(C2CCCC2)noc1Cl. The molecule has 2 rings (SSSR count). The second-order valence-corrected chi connectivity index (χ2v) is 3.65. The molecular formula is C9H9ClN2O. The van der Waals surface area contributed by atoms with Crippen LogP contribution in [0.5, 0.6) is 0 Å². The second kappa shape index (κ2) is 3.39. The first kappa shape index (κ1) is 8.58. The number of halogens is 1. The third-order valence-corrected chi connectivity index (χ3v) is 2.79. The van der Waals surface area contributed by atoms with E-state index in [9.17, 15) is 0 Å². The van der Waals surface area contributed by atoms with Crippen LogP contribution in [0.15, 0.2) is 4.52 Å².